The summed E-state index contributed by atoms with van der Waals surface area (Å²) in [5, 5.41) is 41.9. The second-order valence-electron chi connectivity index (χ2n) is 21.3. The number of piperidine rings is 1. The van der Waals surface area contributed by atoms with Gasteiger partial charge in [-0.25, -0.2) is 4.79 Å². The molecular formula is C55H84N4O13. The number of carbonyl (C=O) groups is 5. The first-order valence-electron chi connectivity index (χ1n) is 26.4. The van der Waals surface area contributed by atoms with E-state index in [1.165, 1.54) is 12.0 Å². The van der Waals surface area contributed by atoms with Gasteiger partial charge in [-0.05, 0) is 113 Å². The summed E-state index contributed by atoms with van der Waals surface area (Å²) in [4.78, 5) is 72.6. The second-order valence-corrected chi connectivity index (χ2v) is 21.3. The van der Waals surface area contributed by atoms with E-state index in [1.54, 1.807) is 46.6 Å². The summed E-state index contributed by atoms with van der Waals surface area (Å²) in [6, 6.07) is -1.16. The van der Waals surface area contributed by atoms with E-state index in [4.69, 9.17) is 23.7 Å². The normalized spacial score (nSPS) is 37.6. The number of hydrogen-bond acceptors (Lipinski definition) is 15. The zero-order valence-corrected chi connectivity index (χ0v) is 44.2. The molecule has 0 spiro atoms. The van der Waals surface area contributed by atoms with Gasteiger partial charge in [0.2, 0.25) is 5.79 Å². The van der Waals surface area contributed by atoms with Crippen molar-refractivity contribution in [2.24, 2.45) is 35.5 Å². The van der Waals surface area contributed by atoms with E-state index in [1.807, 2.05) is 62.6 Å². The summed E-state index contributed by atoms with van der Waals surface area (Å²) >= 11 is 0. The van der Waals surface area contributed by atoms with Gasteiger partial charge in [-0.2, -0.15) is 0 Å². The number of rotatable bonds is 10. The van der Waals surface area contributed by atoms with Crippen LogP contribution in [0, 0.1) is 35.5 Å². The Hall–Kier alpha value is -4.23. The number of nitrogens with zero attached hydrogens (tertiary/aromatic N) is 4. The van der Waals surface area contributed by atoms with Crippen molar-refractivity contribution in [3.8, 4) is 0 Å². The number of amides is 1. The third-order valence-corrected chi connectivity index (χ3v) is 15.5. The zero-order chi connectivity index (χ0) is 52.7. The van der Waals surface area contributed by atoms with Crippen LogP contribution in [0.1, 0.15) is 132 Å². The highest BCUT2D eigenvalue weighted by Gasteiger charge is 2.53. The number of aliphatic hydroxyl groups excluding tert-OH is 2. The highest BCUT2D eigenvalue weighted by Crippen LogP contribution is 2.38. The zero-order valence-electron chi connectivity index (χ0n) is 44.2. The fourth-order valence-corrected chi connectivity index (χ4v) is 10.8. The third kappa shape index (κ3) is 15.9. The molecule has 3 aliphatic heterocycles. The predicted molar refractivity (Wildman–Crippen MR) is 269 cm³/mol. The summed E-state index contributed by atoms with van der Waals surface area (Å²) in [5.41, 5.74) is 1.25. The van der Waals surface area contributed by atoms with Gasteiger partial charge < -0.3 is 48.5 Å². The van der Waals surface area contributed by atoms with Crippen LogP contribution in [0.5, 0.6) is 0 Å². The third-order valence-electron chi connectivity index (χ3n) is 15.5. The lowest BCUT2D eigenvalue weighted by atomic mass is 9.78. The lowest BCUT2D eigenvalue weighted by Crippen LogP contribution is -2.61. The Balaban J connectivity index is 1.47. The molecule has 1 amide bonds. The SMILES string of the molecule is CO[C@@H]1C[C@H](C[C@@H](C)[C@@H]2CC(=O)[C@H](C)/C=C(\C)[C@@H](O)[C@@H](OC)C(=O)[C@H](C)C[C@H](C)/C=C/C=C/C=C(\C)[C@H](OCCCn3cnnc3)C[C@@H]3CC[C@@H](C)[C@@](O)(O3)C(=O)C(=O)N3CCCC[C@H]3C(=O)O2)CC[C@H]1O. The fraction of sp³-hybridized carbons (Fsp3) is 0.727. The Morgan fingerprint density at radius 3 is 2.32 bits per heavy atom. The van der Waals surface area contributed by atoms with Crippen LogP contribution in [-0.4, -0.2) is 146 Å². The van der Waals surface area contributed by atoms with Crippen molar-refractivity contribution in [2.75, 3.05) is 27.4 Å². The van der Waals surface area contributed by atoms with Crippen LogP contribution in [0.15, 0.2) is 60.3 Å². The molecule has 4 heterocycles. The van der Waals surface area contributed by atoms with Crippen molar-refractivity contribution in [3.05, 3.63) is 60.3 Å². The Labute approximate surface area is 426 Å². The maximum absolute atomic E-state index is 14.5. The largest absolute Gasteiger partial charge is 0.460 e. The molecule has 4 aliphatic rings. The van der Waals surface area contributed by atoms with Crippen LogP contribution in [-0.2, 0) is 54.2 Å². The number of fused-ring (bicyclic) bond motifs is 3. The number of aliphatic hydroxyl groups is 3. The molecule has 1 aliphatic carbocycles. The van der Waals surface area contributed by atoms with Crippen LogP contribution in [0.4, 0.5) is 0 Å². The minimum Gasteiger partial charge on any atom is -0.460 e. The van der Waals surface area contributed by atoms with Gasteiger partial charge in [-0.3, -0.25) is 19.2 Å². The van der Waals surface area contributed by atoms with E-state index < -0.39 is 83.9 Å². The number of carbonyl (C=O) groups excluding carboxylic acids is 5. The highest BCUT2D eigenvalue weighted by molar-refractivity contribution is 6.39. The first-order chi connectivity index (χ1) is 34.3. The number of hydrogen-bond donors (Lipinski definition) is 3. The van der Waals surface area contributed by atoms with E-state index in [0.29, 0.717) is 82.9 Å². The molecule has 0 radical (unpaired) electrons. The predicted octanol–water partition coefficient (Wildman–Crippen LogP) is 6.23. The number of ketones is 3. The molecule has 3 fully saturated rings. The van der Waals surface area contributed by atoms with Gasteiger partial charge in [-0.1, -0.05) is 71.1 Å². The van der Waals surface area contributed by atoms with E-state index in [2.05, 4.69) is 10.2 Å². The van der Waals surface area contributed by atoms with Gasteiger partial charge in [0, 0.05) is 64.5 Å². The minimum atomic E-state index is -2.47. The summed E-state index contributed by atoms with van der Waals surface area (Å²) in [6.45, 7) is 13.8. The van der Waals surface area contributed by atoms with Crippen LogP contribution < -0.4 is 0 Å². The molecule has 1 aromatic rings. The van der Waals surface area contributed by atoms with E-state index in [0.717, 1.165) is 5.57 Å². The van der Waals surface area contributed by atoms with E-state index >= 15 is 0 Å². The Morgan fingerprint density at radius 1 is 0.875 bits per heavy atom. The first-order valence-corrected chi connectivity index (χ1v) is 26.4. The fourth-order valence-electron chi connectivity index (χ4n) is 10.8. The minimum absolute atomic E-state index is 0.00379. The number of esters is 1. The standard InChI is InChI=1S/C55H84N4O13/c1-34-16-11-10-12-17-35(2)46(70-25-15-23-58-32-56-57-33-58)30-42-21-19-40(7)55(67,72-42)52(64)53(65)59-24-14-13-18-43(59)54(66)71-47(37(4)28-41-20-22-44(60)48(29-41)68-8)31-45(61)36(3)27-39(6)50(63)51(69-9)49(62)38(5)26-34/h10-12,16-17,27,32-34,36-38,40-44,46-48,50-51,60,63,67H,13-15,18-26,28-31H2,1-9H3/b12-10+,16-11+,35-17+,39-27+/t34-,36-,37-,38-,40-,41+,42+,43+,44-,46-,47+,48-,50-,51+,55-/m1/s1. The molecule has 5 rings (SSSR count). The molecule has 15 atom stereocenters. The molecule has 17 heteroatoms. The van der Waals surface area contributed by atoms with Gasteiger partial charge in [0.05, 0.1) is 24.4 Å². The van der Waals surface area contributed by atoms with Crippen molar-refractivity contribution < 1.29 is 63.0 Å². The summed E-state index contributed by atoms with van der Waals surface area (Å²) < 4.78 is 32.1. The van der Waals surface area contributed by atoms with Crippen LogP contribution >= 0.6 is 0 Å². The maximum atomic E-state index is 14.5. The number of methoxy groups -OCH3 is 2. The summed E-state index contributed by atoms with van der Waals surface area (Å²) in [5.74, 6) is -8.15. The van der Waals surface area contributed by atoms with Gasteiger partial charge >= 0.3 is 5.97 Å². The number of cyclic esters (lactones) is 1. The molecule has 1 saturated carbocycles. The van der Waals surface area contributed by atoms with Crippen molar-refractivity contribution in [2.45, 2.75) is 193 Å². The Kier molecular flexibility index (Phi) is 22.7. The first kappa shape index (κ1) is 58.7. The van der Waals surface area contributed by atoms with Crippen molar-refractivity contribution in [1.29, 1.82) is 0 Å². The summed E-state index contributed by atoms with van der Waals surface area (Å²) in [6.07, 6.45) is 14.8. The number of allylic oxidation sites excluding steroid dienone is 6. The van der Waals surface area contributed by atoms with Gasteiger partial charge in [-0.15, -0.1) is 10.2 Å². The Bertz CT molecular complexity index is 2070. The molecule has 0 aromatic carbocycles. The maximum Gasteiger partial charge on any atom is 0.329 e. The number of Topliss-reactive ketones (excluding diaryl/α,β-unsaturated/α-hetero) is 3. The lowest BCUT2D eigenvalue weighted by molar-refractivity contribution is -0.266. The molecule has 402 valence electrons. The van der Waals surface area contributed by atoms with Crippen LogP contribution in [0.2, 0.25) is 0 Å². The number of aryl methyl sites for hydroxylation is 1. The average Bonchev–Trinajstić information content (AvgIpc) is 3.89. The van der Waals surface area contributed by atoms with Crippen molar-refractivity contribution >= 4 is 29.2 Å². The topological polar surface area (TPSA) is 226 Å². The van der Waals surface area contributed by atoms with E-state index in [-0.39, 0.29) is 61.2 Å². The van der Waals surface area contributed by atoms with Gasteiger partial charge in [0.25, 0.3) is 11.7 Å². The molecule has 2 bridgehead atoms. The highest BCUT2D eigenvalue weighted by atomic mass is 16.6. The lowest BCUT2D eigenvalue weighted by Gasteiger charge is -2.43. The number of ether oxygens (including phenoxy) is 5. The average molecular weight is 1010 g/mol. The monoisotopic (exact) mass is 1010 g/mol. The smallest absolute Gasteiger partial charge is 0.329 e. The molecule has 17 nitrogen and oxygen atoms in total. The van der Waals surface area contributed by atoms with Crippen molar-refractivity contribution in [3.63, 3.8) is 0 Å². The molecular weight excluding hydrogens is 925 g/mol. The Morgan fingerprint density at radius 2 is 1.61 bits per heavy atom. The molecule has 3 N–H and O–H groups in total. The number of aromatic nitrogens is 3. The van der Waals surface area contributed by atoms with Crippen LogP contribution in [0.25, 0.3) is 0 Å². The van der Waals surface area contributed by atoms with E-state index in [9.17, 15) is 39.3 Å². The molecule has 72 heavy (non-hydrogen) atoms. The van der Waals surface area contributed by atoms with Gasteiger partial charge in [0.15, 0.2) is 5.78 Å². The summed E-state index contributed by atoms with van der Waals surface area (Å²) in [7, 11) is 2.94. The second kappa shape index (κ2) is 27.9. The molecule has 2 saturated heterocycles. The van der Waals surface area contributed by atoms with Crippen LogP contribution in [0.3, 0.4) is 0 Å². The molecule has 0 unspecified atom stereocenters. The molecule has 1 aromatic heterocycles. The van der Waals surface area contributed by atoms with Crippen molar-refractivity contribution in [1.82, 2.24) is 19.7 Å². The van der Waals surface area contributed by atoms with Gasteiger partial charge in [0.1, 0.15) is 42.8 Å². The quantitative estimate of drug-likeness (QED) is 0.102.